The van der Waals surface area contributed by atoms with E-state index in [1.807, 2.05) is 0 Å². The van der Waals surface area contributed by atoms with Crippen LogP contribution in [-0.2, 0) is 6.42 Å². The molecule has 3 heteroatoms. The predicted molar refractivity (Wildman–Crippen MR) is 84.3 cm³/mol. The predicted octanol–water partition coefficient (Wildman–Crippen LogP) is 4.83. The molecule has 0 spiro atoms. The smallest absolute Gasteiger partial charge is 0.124 e. The van der Waals surface area contributed by atoms with E-state index in [1.54, 1.807) is 11.3 Å². The zero-order valence-corrected chi connectivity index (χ0v) is 12.0. The van der Waals surface area contributed by atoms with E-state index in [2.05, 4.69) is 66.4 Å². The average Bonchev–Trinajstić information content (AvgIpc) is 2.85. The minimum atomic E-state index is 0.930. The summed E-state index contributed by atoms with van der Waals surface area (Å²) in [5.74, 6) is 0. The highest BCUT2D eigenvalue weighted by molar-refractivity contribution is 7.16. The van der Waals surface area contributed by atoms with Gasteiger partial charge in [0.05, 0.1) is 16.4 Å². The summed E-state index contributed by atoms with van der Waals surface area (Å²) in [6.07, 6.45) is 0.930. The third-order valence-corrected chi connectivity index (χ3v) is 4.59. The molecule has 1 aromatic heterocycles. The van der Waals surface area contributed by atoms with Gasteiger partial charge in [-0.05, 0) is 30.7 Å². The Balaban J connectivity index is 1.97. The first-order valence-corrected chi connectivity index (χ1v) is 7.54. The summed E-state index contributed by atoms with van der Waals surface area (Å²) in [4.78, 5) is 7.03. The molecule has 0 N–H and O–H groups in total. The van der Waals surface area contributed by atoms with Crippen molar-refractivity contribution in [1.82, 2.24) is 4.98 Å². The van der Waals surface area contributed by atoms with Crippen LogP contribution in [0, 0.1) is 6.92 Å². The molecule has 3 aromatic rings. The highest BCUT2D eigenvalue weighted by atomic mass is 32.1. The Hall–Kier alpha value is -2.13. The van der Waals surface area contributed by atoms with E-state index in [1.165, 1.54) is 27.6 Å². The lowest BCUT2D eigenvalue weighted by Crippen LogP contribution is -2.16. The Bertz CT molecular complexity index is 762. The maximum Gasteiger partial charge on any atom is 0.124 e. The van der Waals surface area contributed by atoms with Crippen LogP contribution in [0.4, 0.5) is 16.4 Å². The van der Waals surface area contributed by atoms with E-state index in [4.69, 9.17) is 4.98 Å². The van der Waals surface area contributed by atoms with Gasteiger partial charge in [0.1, 0.15) is 5.00 Å². The molecule has 1 aliphatic heterocycles. The van der Waals surface area contributed by atoms with Crippen molar-refractivity contribution in [3.05, 3.63) is 70.9 Å². The van der Waals surface area contributed by atoms with Gasteiger partial charge in [0.25, 0.3) is 0 Å². The SMILES string of the molecule is Cc1nc2c(s1)N(c1ccccc1)c1ccccc1C2. The van der Waals surface area contributed by atoms with Crippen molar-refractivity contribution in [2.24, 2.45) is 0 Å². The number of anilines is 3. The summed E-state index contributed by atoms with van der Waals surface area (Å²) in [6, 6.07) is 19.1. The molecule has 0 fully saturated rings. The second-order valence-electron chi connectivity index (χ2n) is 4.96. The lowest BCUT2D eigenvalue weighted by Gasteiger charge is -2.30. The Morgan fingerprint density at radius 1 is 1.00 bits per heavy atom. The topological polar surface area (TPSA) is 16.1 Å². The number of aryl methyl sites for hydroxylation is 1. The normalized spacial score (nSPS) is 12.9. The number of hydrogen-bond donors (Lipinski definition) is 0. The molecule has 0 atom stereocenters. The third-order valence-electron chi connectivity index (χ3n) is 3.59. The summed E-state index contributed by atoms with van der Waals surface area (Å²) in [5.41, 5.74) is 5.00. The van der Waals surface area contributed by atoms with E-state index >= 15 is 0 Å². The molecular weight excluding hydrogens is 264 g/mol. The van der Waals surface area contributed by atoms with E-state index < -0.39 is 0 Å². The molecule has 0 saturated carbocycles. The van der Waals surface area contributed by atoms with Crippen LogP contribution in [0.25, 0.3) is 0 Å². The number of fused-ring (bicyclic) bond motifs is 2. The van der Waals surface area contributed by atoms with Crippen LogP contribution in [0.3, 0.4) is 0 Å². The van der Waals surface area contributed by atoms with Crippen LogP contribution in [0.5, 0.6) is 0 Å². The van der Waals surface area contributed by atoms with Crippen LogP contribution in [0.1, 0.15) is 16.3 Å². The van der Waals surface area contributed by atoms with E-state index in [0.29, 0.717) is 0 Å². The molecule has 2 heterocycles. The Morgan fingerprint density at radius 2 is 1.75 bits per heavy atom. The highest BCUT2D eigenvalue weighted by Crippen LogP contribution is 2.46. The van der Waals surface area contributed by atoms with Gasteiger partial charge in [-0.25, -0.2) is 4.98 Å². The largest absolute Gasteiger partial charge is 0.300 e. The van der Waals surface area contributed by atoms with Gasteiger partial charge >= 0.3 is 0 Å². The zero-order chi connectivity index (χ0) is 13.5. The van der Waals surface area contributed by atoms with Crippen molar-refractivity contribution in [2.75, 3.05) is 4.90 Å². The lowest BCUT2D eigenvalue weighted by molar-refractivity contribution is 1.03. The number of aromatic nitrogens is 1. The van der Waals surface area contributed by atoms with Crippen LogP contribution < -0.4 is 4.90 Å². The van der Waals surface area contributed by atoms with Gasteiger partial charge in [-0.15, -0.1) is 11.3 Å². The molecule has 0 aliphatic carbocycles. The molecule has 4 rings (SSSR count). The first-order valence-electron chi connectivity index (χ1n) is 6.72. The Kier molecular flexibility index (Phi) is 2.60. The molecule has 2 nitrogen and oxygen atoms in total. The van der Waals surface area contributed by atoms with Crippen molar-refractivity contribution in [1.29, 1.82) is 0 Å². The van der Waals surface area contributed by atoms with Crippen LogP contribution in [-0.4, -0.2) is 4.98 Å². The monoisotopic (exact) mass is 278 g/mol. The highest BCUT2D eigenvalue weighted by Gasteiger charge is 2.26. The van der Waals surface area contributed by atoms with Crippen LogP contribution in [0.15, 0.2) is 54.6 Å². The first-order chi connectivity index (χ1) is 9.83. The zero-order valence-electron chi connectivity index (χ0n) is 11.2. The maximum absolute atomic E-state index is 4.70. The van der Waals surface area contributed by atoms with Gasteiger partial charge in [0.15, 0.2) is 0 Å². The molecule has 0 amide bonds. The summed E-state index contributed by atoms with van der Waals surface area (Å²) in [5, 5.41) is 2.39. The average molecular weight is 278 g/mol. The quantitative estimate of drug-likeness (QED) is 0.496. The lowest BCUT2D eigenvalue weighted by atomic mass is 10.0. The molecule has 0 saturated heterocycles. The second-order valence-corrected chi connectivity index (χ2v) is 6.14. The standard InChI is InChI=1S/C17H14N2S/c1-12-18-15-11-13-7-5-6-10-16(13)19(17(15)20-12)14-8-3-2-4-9-14/h2-10H,11H2,1H3. The van der Waals surface area contributed by atoms with Crippen molar-refractivity contribution >= 4 is 27.7 Å². The van der Waals surface area contributed by atoms with Crippen molar-refractivity contribution in [2.45, 2.75) is 13.3 Å². The Labute approximate surface area is 122 Å². The van der Waals surface area contributed by atoms with E-state index in [9.17, 15) is 0 Å². The van der Waals surface area contributed by atoms with Gasteiger partial charge < -0.3 is 4.90 Å². The number of rotatable bonds is 1. The van der Waals surface area contributed by atoms with Crippen LogP contribution in [0.2, 0.25) is 0 Å². The van der Waals surface area contributed by atoms with Gasteiger partial charge in [-0.2, -0.15) is 0 Å². The number of hydrogen-bond acceptors (Lipinski definition) is 3. The second kappa shape index (κ2) is 4.46. The molecular formula is C17H14N2S. The van der Waals surface area contributed by atoms with E-state index in [0.717, 1.165) is 11.4 Å². The summed E-state index contributed by atoms with van der Waals surface area (Å²) < 4.78 is 0. The molecule has 0 bridgehead atoms. The third kappa shape index (κ3) is 1.74. The van der Waals surface area contributed by atoms with E-state index in [-0.39, 0.29) is 0 Å². The number of benzene rings is 2. The number of thiazole rings is 1. The maximum atomic E-state index is 4.70. The van der Waals surface area contributed by atoms with Crippen LogP contribution >= 0.6 is 11.3 Å². The summed E-state index contributed by atoms with van der Waals surface area (Å²) in [6.45, 7) is 2.08. The molecule has 2 aromatic carbocycles. The van der Waals surface area contributed by atoms with Gasteiger partial charge in [-0.1, -0.05) is 36.4 Å². The van der Waals surface area contributed by atoms with Gasteiger partial charge in [0.2, 0.25) is 0 Å². The minimum absolute atomic E-state index is 0.930. The fraction of sp³-hybridized carbons (Fsp3) is 0.118. The fourth-order valence-corrected chi connectivity index (χ4v) is 3.72. The molecule has 1 aliphatic rings. The van der Waals surface area contributed by atoms with Crippen molar-refractivity contribution in [3.63, 3.8) is 0 Å². The number of para-hydroxylation sites is 2. The van der Waals surface area contributed by atoms with Gasteiger partial charge in [-0.3, -0.25) is 0 Å². The van der Waals surface area contributed by atoms with Crippen molar-refractivity contribution < 1.29 is 0 Å². The Morgan fingerprint density at radius 3 is 2.60 bits per heavy atom. The molecule has 0 unspecified atom stereocenters. The van der Waals surface area contributed by atoms with Gasteiger partial charge in [0, 0.05) is 12.1 Å². The molecule has 98 valence electrons. The minimum Gasteiger partial charge on any atom is -0.300 e. The molecule has 0 radical (unpaired) electrons. The summed E-state index contributed by atoms with van der Waals surface area (Å²) >= 11 is 1.77. The fourth-order valence-electron chi connectivity index (χ4n) is 2.75. The summed E-state index contributed by atoms with van der Waals surface area (Å²) in [7, 11) is 0. The first kappa shape index (κ1) is 11.7. The van der Waals surface area contributed by atoms with Crippen molar-refractivity contribution in [3.8, 4) is 0 Å². The number of nitrogens with zero attached hydrogens (tertiary/aromatic N) is 2. The molecule has 20 heavy (non-hydrogen) atoms.